The average molecular weight is 385 g/mol. The summed E-state index contributed by atoms with van der Waals surface area (Å²) >= 11 is 0. The summed E-state index contributed by atoms with van der Waals surface area (Å²) in [6.45, 7) is 8.20. The molecule has 0 saturated carbocycles. The van der Waals surface area contributed by atoms with Gasteiger partial charge in [-0.3, -0.25) is 4.98 Å². The zero-order valence-electron chi connectivity index (χ0n) is 15.1. The van der Waals surface area contributed by atoms with Gasteiger partial charge in [-0.15, -0.1) is 0 Å². The average Bonchev–Trinajstić information content (AvgIpc) is 2.64. The molecule has 0 aliphatic carbocycles. The monoisotopic (exact) mass is 384 g/mol. The van der Waals surface area contributed by atoms with Gasteiger partial charge in [-0.2, -0.15) is 0 Å². The molecule has 0 fully saturated rings. The number of hydrogen-bond acceptors (Lipinski definition) is 4. The van der Waals surface area contributed by atoms with Gasteiger partial charge in [0.25, 0.3) is 0 Å². The van der Waals surface area contributed by atoms with E-state index in [1.54, 1.807) is 0 Å². The third-order valence-corrected chi connectivity index (χ3v) is 7.18. The van der Waals surface area contributed by atoms with Gasteiger partial charge in [-0.1, -0.05) is 9.70 Å². The number of halogens is 1. The molecule has 1 aliphatic rings. The van der Waals surface area contributed by atoms with Crippen LogP contribution in [0.25, 0.3) is 10.9 Å². The van der Waals surface area contributed by atoms with Crippen LogP contribution in [-0.4, -0.2) is 18.1 Å². The van der Waals surface area contributed by atoms with Crippen molar-refractivity contribution in [1.29, 1.82) is 0 Å². The van der Waals surface area contributed by atoms with Crippen LogP contribution in [0.1, 0.15) is 19.5 Å². The topological polar surface area (TPSA) is 54.5 Å². The fourth-order valence-corrected chi connectivity index (χ4v) is 5.43. The molecule has 1 atom stereocenters. The van der Waals surface area contributed by atoms with E-state index in [0.29, 0.717) is 5.69 Å². The van der Waals surface area contributed by atoms with Crippen molar-refractivity contribution >= 4 is 48.3 Å². The number of aromatic nitrogens is 1. The molecule has 0 radical (unpaired) electrons. The van der Waals surface area contributed by atoms with E-state index in [2.05, 4.69) is 41.9 Å². The summed E-state index contributed by atoms with van der Waals surface area (Å²) in [5.41, 5.74) is 10.7. The molecular formula is C20H21ClN4S. The number of nitrogens with two attached hydrogens (primary N) is 1. The first-order chi connectivity index (χ1) is 12.5. The lowest BCUT2D eigenvalue weighted by Gasteiger charge is -2.22. The molecule has 0 spiro atoms. The second-order valence-electron chi connectivity index (χ2n) is 6.35. The molecule has 2 heterocycles. The maximum atomic E-state index is 6.92. The third kappa shape index (κ3) is 2.66. The molecule has 26 heavy (non-hydrogen) atoms. The second kappa shape index (κ2) is 6.56. The van der Waals surface area contributed by atoms with E-state index in [9.17, 15) is 0 Å². The maximum absolute atomic E-state index is 6.92. The van der Waals surface area contributed by atoms with Gasteiger partial charge in [0.1, 0.15) is 0 Å². The van der Waals surface area contributed by atoms with Crippen molar-refractivity contribution in [2.75, 3.05) is 23.7 Å². The normalized spacial score (nSPS) is 15.3. The Morgan fingerprint density at radius 1 is 1.12 bits per heavy atom. The number of pyridine rings is 1. The van der Waals surface area contributed by atoms with Gasteiger partial charge >= 0.3 is 0 Å². The van der Waals surface area contributed by atoms with Crippen LogP contribution in [0.4, 0.5) is 17.1 Å². The molecule has 3 aromatic rings. The number of anilines is 2. The number of nitrogens with zero attached hydrogens (tertiary/aromatic N) is 3. The van der Waals surface area contributed by atoms with Crippen molar-refractivity contribution in [3.05, 3.63) is 52.0 Å². The Labute approximate surface area is 159 Å². The van der Waals surface area contributed by atoms with Crippen LogP contribution in [0.3, 0.4) is 0 Å². The minimum atomic E-state index is -0.598. The third-order valence-electron chi connectivity index (χ3n) is 4.77. The first-order valence-corrected chi connectivity index (χ1v) is 10.8. The Morgan fingerprint density at radius 2 is 1.88 bits per heavy atom. The van der Waals surface area contributed by atoms with Gasteiger partial charge in [0.05, 0.1) is 22.2 Å². The highest BCUT2D eigenvalue weighted by atomic mass is 35.7. The van der Waals surface area contributed by atoms with Crippen molar-refractivity contribution in [3.8, 4) is 0 Å². The lowest BCUT2D eigenvalue weighted by atomic mass is 10.1. The van der Waals surface area contributed by atoms with Crippen molar-refractivity contribution in [3.63, 3.8) is 0 Å². The number of hydrogen-bond donors (Lipinski definition) is 1. The molecule has 0 saturated heterocycles. The van der Waals surface area contributed by atoms with Crippen LogP contribution in [0.15, 0.2) is 46.3 Å². The highest BCUT2D eigenvalue weighted by molar-refractivity contribution is 8.29. The minimum Gasteiger partial charge on any atom is -0.397 e. The van der Waals surface area contributed by atoms with Crippen molar-refractivity contribution in [2.24, 2.45) is 4.99 Å². The first kappa shape index (κ1) is 17.3. The molecule has 134 valence electrons. The number of nitrogen functional groups attached to an aromatic ring is 1. The summed E-state index contributed by atoms with van der Waals surface area (Å²) in [5, 5.41) is 1.89. The Bertz CT molecular complexity index is 1150. The summed E-state index contributed by atoms with van der Waals surface area (Å²) in [6.07, 6.45) is 0. The van der Waals surface area contributed by atoms with Crippen LogP contribution in [-0.2, 0) is 0 Å². The Kier molecular flexibility index (Phi) is 4.37. The molecule has 6 heteroatoms. The fraction of sp³-hybridized carbons (Fsp3) is 0.250. The van der Waals surface area contributed by atoms with Crippen LogP contribution < -0.4 is 16.0 Å². The summed E-state index contributed by atoms with van der Waals surface area (Å²) in [6, 6.07) is 12.3. The highest BCUT2D eigenvalue weighted by Crippen LogP contribution is 2.47. The predicted molar refractivity (Wildman–Crippen MR) is 112 cm³/mol. The molecule has 2 aromatic carbocycles. The van der Waals surface area contributed by atoms with E-state index in [1.165, 1.54) is 5.69 Å². The van der Waals surface area contributed by atoms with Gasteiger partial charge in [0, 0.05) is 39.3 Å². The number of benzene rings is 2. The Balaban J connectivity index is 2.03. The molecule has 0 amide bonds. The fourth-order valence-electron chi connectivity index (χ4n) is 3.39. The van der Waals surface area contributed by atoms with Crippen molar-refractivity contribution in [2.45, 2.75) is 25.7 Å². The van der Waals surface area contributed by atoms with Crippen LogP contribution in [0.2, 0.25) is 0 Å². The van der Waals surface area contributed by atoms with Crippen molar-refractivity contribution in [1.82, 2.24) is 4.98 Å². The molecule has 4 nitrogen and oxygen atoms in total. The molecule has 2 N–H and O–H groups in total. The molecular weight excluding hydrogens is 364 g/mol. The number of rotatable bonds is 3. The maximum Gasteiger partial charge on any atom is 0.0956 e. The zero-order chi connectivity index (χ0) is 18.4. The molecule has 1 aromatic heterocycles. The summed E-state index contributed by atoms with van der Waals surface area (Å²) in [4.78, 5) is 12.8. The number of fused-ring (bicyclic) bond motifs is 4. The van der Waals surface area contributed by atoms with E-state index in [0.717, 1.165) is 50.1 Å². The summed E-state index contributed by atoms with van der Waals surface area (Å²) < 4.78 is 1.06. The lowest BCUT2D eigenvalue weighted by molar-refractivity contribution is 0.865. The van der Waals surface area contributed by atoms with E-state index in [4.69, 9.17) is 21.4 Å². The first-order valence-electron chi connectivity index (χ1n) is 8.74. The zero-order valence-corrected chi connectivity index (χ0v) is 16.7. The van der Waals surface area contributed by atoms with E-state index < -0.39 is 9.70 Å². The van der Waals surface area contributed by atoms with Gasteiger partial charge in [-0.05, 0) is 67.9 Å². The van der Waals surface area contributed by atoms with Gasteiger partial charge < -0.3 is 10.6 Å². The van der Waals surface area contributed by atoms with Crippen LogP contribution in [0.5, 0.6) is 0 Å². The summed E-state index contributed by atoms with van der Waals surface area (Å²) in [7, 11) is 6.32. The van der Waals surface area contributed by atoms with Crippen LogP contribution >= 0.6 is 20.4 Å². The number of aryl methyl sites for hydroxylation is 1. The SMILES string of the molecule is CCN(CC)c1ccc2c(c1)=S(Cl)c1cc(N)c3nc(C)ccc3c1N=2. The highest BCUT2D eigenvalue weighted by Gasteiger charge is 2.18. The lowest BCUT2D eigenvalue weighted by Crippen LogP contribution is -2.22. The van der Waals surface area contributed by atoms with Crippen LogP contribution in [0, 0.1) is 11.4 Å². The van der Waals surface area contributed by atoms with Gasteiger partial charge in [0.2, 0.25) is 0 Å². The van der Waals surface area contributed by atoms with E-state index in [1.807, 2.05) is 25.1 Å². The quantitative estimate of drug-likeness (QED) is 0.512. The standard InChI is InChI=1S/C20H21ClN4S/c1-4-25(5-2)13-7-9-16-17(10-13)26(21)18-11-15(22)19-14(20(18)24-16)8-6-12(3)23-19/h6-11H,4-5,22H2,1-3H3. The van der Waals surface area contributed by atoms with Crippen molar-refractivity contribution < 1.29 is 0 Å². The van der Waals surface area contributed by atoms with E-state index >= 15 is 0 Å². The van der Waals surface area contributed by atoms with E-state index in [-0.39, 0.29) is 0 Å². The van der Waals surface area contributed by atoms with Gasteiger partial charge in [0.15, 0.2) is 0 Å². The predicted octanol–water partition coefficient (Wildman–Crippen LogP) is 4.97. The molecule has 1 aliphatic heterocycles. The Morgan fingerprint density at radius 3 is 2.62 bits per heavy atom. The Hall–Kier alpha value is -2.11. The summed E-state index contributed by atoms with van der Waals surface area (Å²) in [5.74, 6) is 0. The smallest absolute Gasteiger partial charge is 0.0956 e. The molecule has 1 unspecified atom stereocenters. The minimum absolute atomic E-state index is 0.598. The molecule has 4 rings (SSSR count). The second-order valence-corrected chi connectivity index (χ2v) is 8.67. The van der Waals surface area contributed by atoms with Gasteiger partial charge in [-0.25, -0.2) is 4.99 Å². The largest absolute Gasteiger partial charge is 0.397 e. The molecule has 0 bridgehead atoms.